The Morgan fingerprint density at radius 2 is 1.59 bits per heavy atom. The lowest BCUT2D eigenvalue weighted by molar-refractivity contribution is -0.185. The van der Waals surface area contributed by atoms with Gasteiger partial charge in [0.25, 0.3) is 0 Å². The second kappa shape index (κ2) is 13.9. The number of methoxy groups -OCH3 is 4. The Labute approximate surface area is 259 Å². The molecule has 4 rings (SSSR count). The van der Waals surface area contributed by atoms with Crippen LogP contribution in [0.5, 0.6) is 23.0 Å². The monoisotopic (exact) mass is 614 g/mol. The normalized spacial score (nSPS) is 27.8. The Morgan fingerprint density at radius 1 is 0.932 bits per heavy atom. The summed E-state index contributed by atoms with van der Waals surface area (Å²) >= 11 is 0. The van der Waals surface area contributed by atoms with Gasteiger partial charge in [-0.3, -0.25) is 10.1 Å². The molecular weight excluding hydrogens is 568 g/mol. The summed E-state index contributed by atoms with van der Waals surface area (Å²) in [6.45, 7) is 4.14. The van der Waals surface area contributed by atoms with E-state index in [1.165, 1.54) is 21.3 Å². The molecule has 242 valence electrons. The Hall–Kier alpha value is -3.70. The molecule has 0 aromatic heterocycles. The molecule has 11 nitrogen and oxygen atoms in total. The van der Waals surface area contributed by atoms with Gasteiger partial charge < -0.3 is 39.2 Å². The number of hydrogen-bond donors (Lipinski definition) is 4. The molecule has 0 radical (unpaired) electrons. The van der Waals surface area contributed by atoms with Crippen molar-refractivity contribution in [3.63, 3.8) is 0 Å². The van der Waals surface area contributed by atoms with Gasteiger partial charge in [0.05, 0.1) is 46.8 Å². The first-order valence-corrected chi connectivity index (χ1v) is 15.0. The zero-order chi connectivity index (χ0) is 32.1. The topological polar surface area (TPSA) is 145 Å². The lowest BCUT2D eigenvalue weighted by Crippen LogP contribution is -2.61. The van der Waals surface area contributed by atoms with Crippen LogP contribution in [0, 0.1) is 22.7 Å². The van der Waals surface area contributed by atoms with E-state index in [2.05, 4.69) is 17.6 Å². The van der Waals surface area contributed by atoms with Crippen LogP contribution in [0.15, 0.2) is 36.4 Å². The smallest absolute Gasteiger partial charge is 0.411 e. The van der Waals surface area contributed by atoms with Gasteiger partial charge >= 0.3 is 6.09 Å². The van der Waals surface area contributed by atoms with Gasteiger partial charge in [-0.2, -0.15) is 0 Å². The molecule has 44 heavy (non-hydrogen) atoms. The van der Waals surface area contributed by atoms with Gasteiger partial charge in [0.2, 0.25) is 11.7 Å². The first-order valence-electron chi connectivity index (χ1n) is 15.0. The van der Waals surface area contributed by atoms with Crippen molar-refractivity contribution in [2.45, 2.75) is 64.7 Å². The van der Waals surface area contributed by atoms with E-state index < -0.39 is 29.1 Å². The van der Waals surface area contributed by atoms with Crippen molar-refractivity contribution in [3.8, 4) is 23.0 Å². The highest BCUT2D eigenvalue weighted by Crippen LogP contribution is 2.61. The van der Waals surface area contributed by atoms with Crippen LogP contribution in [0.3, 0.4) is 0 Å². The maximum atomic E-state index is 13.2. The molecule has 0 unspecified atom stereocenters. The number of aliphatic hydroxyl groups excluding tert-OH is 2. The number of para-hydroxylation sites is 1. The summed E-state index contributed by atoms with van der Waals surface area (Å²) in [7, 11) is 6.07. The molecule has 0 spiro atoms. The van der Waals surface area contributed by atoms with Crippen LogP contribution < -0.4 is 29.6 Å². The molecule has 4 N–H and O–H groups in total. The fraction of sp³-hybridized carbons (Fsp3) is 0.576. The van der Waals surface area contributed by atoms with E-state index in [4.69, 9.17) is 23.7 Å². The predicted octanol–water partition coefficient (Wildman–Crippen LogP) is 4.53. The Balaban J connectivity index is 1.47. The number of benzene rings is 2. The summed E-state index contributed by atoms with van der Waals surface area (Å²) in [5.41, 5.74) is 0.0263. The number of amides is 2. The SMILES string of the molecule is COc1ccccc1CNC(=O)C[C@@H]1[C@H](O)CC[C@H]2[C@](C)(CO)[C@H](OC(=O)Nc3cc(OC)c(OC)c(OC)c3)CC[C@]21C. The Morgan fingerprint density at radius 3 is 2.20 bits per heavy atom. The van der Waals surface area contributed by atoms with Crippen molar-refractivity contribution in [2.24, 2.45) is 22.7 Å². The number of aliphatic hydroxyl groups is 2. The van der Waals surface area contributed by atoms with Gasteiger partial charge in [-0.05, 0) is 49.0 Å². The molecule has 2 fully saturated rings. The third-order valence-electron chi connectivity index (χ3n) is 9.91. The predicted molar refractivity (Wildman–Crippen MR) is 164 cm³/mol. The minimum Gasteiger partial charge on any atom is -0.496 e. The number of carbonyl (C=O) groups is 2. The zero-order valence-electron chi connectivity index (χ0n) is 26.5. The molecule has 2 aromatic rings. The average Bonchev–Trinajstić information content (AvgIpc) is 3.02. The number of anilines is 1. The maximum absolute atomic E-state index is 13.2. The molecule has 0 heterocycles. The molecule has 0 aliphatic heterocycles. The summed E-state index contributed by atoms with van der Waals surface area (Å²) in [6, 6.07) is 10.7. The maximum Gasteiger partial charge on any atom is 0.411 e. The number of nitrogens with one attached hydrogen (secondary N) is 2. The fourth-order valence-electron chi connectivity index (χ4n) is 7.52. The van der Waals surface area contributed by atoms with Crippen LogP contribution in [0.2, 0.25) is 0 Å². The van der Waals surface area contributed by atoms with Crippen molar-refractivity contribution in [2.75, 3.05) is 40.4 Å². The third kappa shape index (κ3) is 6.53. The number of rotatable bonds is 11. The fourth-order valence-corrected chi connectivity index (χ4v) is 7.52. The van der Waals surface area contributed by atoms with Gasteiger partial charge in [-0.1, -0.05) is 32.0 Å². The molecule has 6 atom stereocenters. The number of carbonyl (C=O) groups excluding carboxylic acids is 2. The number of fused-ring (bicyclic) bond motifs is 1. The van der Waals surface area contributed by atoms with Crippen molar-refractivity contribution >= 4 is 17.7 Å². The van der Waals surface area contributed by atoms with Crippen LogP contribution >= 0.6 is 0 Å². The number of hydrogen-bond acceptors (Lipinski definition) is 9. The molecule has 2 saturated carbocycles. The molecule has 0 bridgehead atoms. The summed E-state index contributed by atoms with van der Waals surface area (Å²) < 4.78 is 27.5. The summed E-state index contributed by atoms with van der Waals surface area (Å²) in [6.07, 6.45) is 0.469. The molecule has 2 aliphatic carbocycles. The van der Waals surface area contributed by atoms with E-state index in [0.717, 1.165) is 5.56 Å². The van der Waals surface area contributed by atoms with Crippen LogP contribution in [0.4, 0.5) is 10.5 Å². The van der Waals surface area contributed by atoms with Crippen molar-refractivity contribution in [1.29, 1.82) is 0 Å². The zero-order valence-corrected chi connectivity index (χ0v) is 26.5. The molecule has 2 aromatic carbocycles. The highest BCUT2D eigenvalue weighted by Gasteiger charge is 2.60. The van der Waals surface area contributed by atoms with Gasteiger partial charge in [-0.25, -0.2) is 4.79 Å². The highest BCUT2D eigenvalue weighted by atomic mass is 16.6. The second-order valence-corrected chi connectivity index (χ2v) is 12.2. The Kier molecular flexibility index (Phi) is 10.5. The van der Waals surface area contributed by atoms with E-state index in [1.54, 1.807) is 19.2 Å². The van der Waals surface area contributed by atoms with Crippen LogP contribution in [-0.2, 0) is 16.1 Å². The average molecular weight is 615 g/mol. The summed E-state index contributed by atoms with van der Waals surface area (Å²) in [5.74, 6) is 1.29. The lowest BCUT2D eigenvalue weighted by Gasteiger charge is -2.60. The third-order valence-corrected chi connectivity index (χ3v) is 9.91. The highest BCUT2D eigenvalue weighted by molar-refractivity contribution is 5.86. The van der Waals surface area contributed by atoms with Gasteiger partial charge in [0.15, 0.2) is 11.5 Å². The molecule has 0 saturated heterocycles. The van der Waals surface area contributed by atoms with E-state index >= 15 is 0 Å². The van der Waals surface area contributed by atoms with Gasteiger partial charge in [0.1, 0.15) is 11.9 Å². The van der Waals surface area contributed by atoms with Gasteiger partial charge in [-0.15, -0.1) is 0 Å². The lowest BCUT2D eigenvalue weighted by atomic mass is 9.46. The largest absolute Gasteiger partial charge is 0.496 e. The number of ether oxygens (including phenoxy) is 5. The van der Waals surface area contributed by atoms with E-state index in [9.17, 15) is 19.8 Å². The van der Waals surface area contributed by atoms with Crippen LogP contribution in [0.25, 0.3) is 0 Å². The van der Waals surface area contributed by atoms with Crippen LogP contribution in [-0.4, -0.2) is 69.5 Å². The van der Waals surface area contributed by atoms with E-state index in [1.807, 2.05) is 31.2 Å². The first kappa shape index (κ1) is 33.2. The van der Waals surface area contributed by atoms with E-state index in [0.29, 0.717) is 60.9 Å². The quantitative estimate of drug-likeness (QED) is 0.287. The van der Waals surface area contributed by atoms with Crippen molar-refractivity contribution in [3.05, 3.63) is 42.0 Å². The van der Waals surface area contributed by atoms with Crippen molar-refractivity contribution < 1.29 is 43.5 Å². The van der Waals surface area contributed by atoms with Crippen molar-refractivity contribution in [1.82, 2.24) is 5.32 Å². The Bertz CT molecular complexity index is 1290. The van der Waals surface area contributed by atoms with E-state index in [-0.39, 0.29) is 30.8 Å². The van der Waals surface area contributed by atoms with Gasteiger partial charge in [0, 0.05) is 36.1 Å². The first-order chi connectivity index (χ1) is 21.0. The van der Waals surface area contributed by atoms with Crippen LogP contribution in [0.1, 0.15) is 51.5 Å². The molecule has 2 amide bonds. The summed E-state index contributed by atoms with van der Waals surface area (Å²) in [4.78, 5) is 26.3. The second-order valence-electron chi connectivity index (χ2n) is 12.2. The standard InChI is InChI=1S/C33H46N2O9/c1-32-14-13-28(44-31(39)35-21-15-25(41-4)30(43-6)26(16-21)42-5)33(2,19-36)27(32)12-11-23(37)22(32)17-29(38)34-18-20-9-7-8-10-24(20)40-3/h7-10,15-16,22-23,27-28,36-37H,11-14,17-19H2,1-6H3,(H,34,38)(H,35,39)/t22-,23-,27-,28-,32+,33+/m1/s1. The molecule has 11 heteroatoms. The minimum atomic E-state index is -0.786. The summed E-state index contributed by atoms with van der Waals surface area (Å²) in [5, 5.41) is 27.6. The molecular formula is C33H46N2O9. The molecule has 2 aliphatic rings. The minimum absolute atomic E-state index is 0.0943.